The number of thiophene rings is 1. The van der Waals surface area contributed by atoms with Crippen molar-refractivity contribution in [2.75, 3.05) is 6.79 Å². The molecular formula is C17H10BrN3O5S. The van der Waals surface area contributed by atoms with Crippen LogP contribution in [0.4, 0.5) is 5.69 Å². The lowest BCUT2D eigenvalue weighted by atomic mass is 10.2. The minimum atomic E-state index is -0.468. The number of nitrogens with zero attached hydrogens (tertiary/aromatic N) is 2. The van der Waals surface area contributed by atoms with E-state index in [4.69, 9.17) is 9.47 Å². The number of hydrazone groups is 1. The number of carbonyl (C=O) groups is 1. The van der Waals surface area contributed by atoms with Crippen LogP contribution in [0.5, 0.6) is 11.5 Å². The van der Waals surface area contributed by atoms with Gasteiger partial charge in [0.25, 0.3) is 11.6 Å². The largest absolute Gasteiger partial charge is 0.454 e. The number of fused-ring (bicyclic) bond motifs is 2. The third-order valence-electron chi connectivity index (χ3n) is 3.80. The van der Waals surface area contributed by atoms with E-state index in [9.17, 15) is 14.9 Å². The van der Waals surface area contributed by atoms with Crippen molar-refractivity contribution in [1.29, 1.82) is 0 Å². The Labute approximate surface area is 164 Å². The Morgan fingerprint density at radius 1 is 1.26 bits per heavy atom. The van der Waals surface area contributed by atoms with Gasteiger partial charge in [-0.2, -0.15) is 5.10 Å². The minimum Gasteiger partial charge on any atom is -0.454 e. The number of amides is 1. The normalized spacial score (nSPS) is 12.6. The van der Waals surface area contributed by atoms with Crippen molar-refractivity contribution in [2.45, 2.75) is 0 Å². The fraction of sp³-hybridized carbons (Fsp3) is 0.0588. The van der Waals surface area contributed by atoms with Crippen LogP contribution in [0.1, 0.15) is 15.2 Å². The van der Waals surface area contributed by atoms with Crippen LogP contribution in [0.15, 0.2) is 46.0 Å². The number of carbonyl (C=O) groups excluding carboxylic acids is 1. The van der Waals surface area contributed by atoms with Gasteiger partial charge in [0.1, 0.15) is 0 Å². The van der Waals surface area contributed by atoms with Gasteiger partial charge in [0, 0.05) is 32.3 Å². The molecule has 3 aromatic rings. The van der Waals surface area contributed by atoms with Gasteiger partial charge in [-0.25, -0.2) is 5.43 Å². The highest BCUT2D eigenvalue weighted by atomic mass is 79.9. The monoisotopic (exact) mass is 447 g/mol. The van der Waals surface area contributed by atoms with E-state index >= 15 is 0 Å². The molecule has 0 saturated carbocycles. The molecule has 0 fully saturated rings. The van der Waals surface area contributed by atoms with Crippen LogP contribution < -0.4 is 14.9 Å². The summed E-state index contributed by atoms with van der Waals surface area (Å²) < 4.78 is 12.1. The Kier molecular flexibility index (Phi) is 4.50. The summed E-state index contributed by atoms with van der Waals surface area (Å²) in [6, 6.07) is 9.60. The van der Waals surface area contributed by atoms with Gasteiger partial charge in [-0.1, -0.05) is 0 Å². The summed E-state index contributed by atoms with van der Waals surface area (Å²) in [7, 11) is 0. The third-order valence-corrected chi connectivity index (χ3v) is 5.60. The van der Waals surface area contributed by atoms with Gasteiger partial charge < -0.3 is 9.47 Å². The molecule has 27 heavy (non-hydrogen) atoms. The summed E-state index contributed by atoms with van der Waals surface area (Å²) in [5.74, 6) is 0.853. The number of benzene rings is 2. The number of hydrogen-bond acceptors (Lipinski definition) is 7. The fourth-order valence-corrected chi connectivity index (χ4v) is 3.86. The van der Waals surface area contributed by atoms with E-state index < -0.39 is 10.8 Å². The molecule has 10 heteroatoms. The van der Waals surface area contributed by atoms with E-state index in [-0.39, 0.29) is 12.5 Å². The smallest absolute Gasteiger partial charge is 0.281 e. The molecule has 2 aromatic carbocycles. The number of nitrogens with one attached hydrogen (secondary N) is 1. The van der Waals surface area contributed by atoms with Crippen molar-refractivity contribution in [3.63, 3.8) is 0 Å². The van der Waals surface area contributed by atoms with Gasteiger partial charge in [-0.05, 0) is 40.2 Å². The quantitative estimate of drug-likeness (QED) is 0.368. The SMILES string of the molecule is O=C(N/N=C/c1cc2c(cc1Br)OCO2)c1cc2cc([N+](=O)[O-])ccc2s1. The number of nitro groups is 1. The molecule has 1 aromatic heterocycles. The van der Waals surface area contributed by atoms with Crippen molar-refractivity contribution in [2.24, 2.45) is 5.10 Å². The second kappa shape index (κ2) is 6.97. The van der Waals surface area contributed by atoms with Crippen molar-refractivity contribution in [3.05, 3.63) is 61.4 Å². The average Bonchev–Trinajstić information content (AvgIpc) is 3.27. The average molecular weight is 448 g/mol. The Morgan fingerprint density at radius 2 is 2.04 bits per heavy atom. The van der Waals surface area contributed by atoms with Crippen LogP contribution in [-0.2, 0) is 0 Å². The second-order valence-electron chi connectivity index (χ2n) is 5.52. The highest BCUT2D eigenvalue weighted by Crippen LogP contribution is 2.36. The first kappa shape index (κ1) is 17.4. The molecule has 0 aliphatic carbocycles. The van der Waals surface area contributed by atoms with E-state index in [0.717, 1.165) is 9.17 Å². The summed E-state index contributed by atoms with van der Waals surface area (Å²) in [4.78, 5) is 23.1. The fourth-order valence-electron chi connectivity index (χ4n) is 2.50. The molecule has 0 unspecified atom stereocenters. The molecule has 1 aliphatic rings. The molecule has 1 N–H and O–H groups in total. The molecule has 2 heterocycles. The number of rotatable bonds is 4. The molecule has 8 nitrogen and oxygen atoms in total. The lowest BCUT2D eigenvalue weighted by Crippen LogP contribution is -2.16. The maximum absolute atomic E-state index is 12.3. The topological polar surface area (TPSA) is 103 Å². The van der Waals surface area contributed by atoms with E-state index in [1.54, 1.807) is 24.3 Å². The van der Waals surface area contributed by atoms with Gasteiger partial charge >= 0.3 is 0 Å². The first-order chi connectivity index (χ1) is 13.0. The van der Waals surface area contributed by atoms with Crippen LogP contribution in [0.25, 0.3) is 10.1 Å². The van der Waals surface area contributed by atoms with Gasteiger partial charge in [0.05, 0.1) is 16.0 Å². The number of non-ortho nitro benzene ring substituents is 1. The molecule has 1 amide bonds. The standard InChI is InChI=1S/C17H10BrN3O5S/c18-12-6-14-13(25-8-26-14)4-10(12)7-19-20-17(22)16-5-9-3-11(21(23)24)1-2-15(9)27-16/h1-7H,8H2,(H,20,22)/b19-7+. The molecule has 0 spiro atoms. The van der Waals surface area contributed by atoms with Crippen molar-refractivity contribution >= 4 is 55.2 Å². The maximum atomic E-state index is 12.3. The highest BCUT2D eigenvalue weighted by Gasteiger charge is 2.16. The first-order valence-electron chi connectivity index (χ1n) is 7.62. The van der Waals surface area contributed by atoms with E-state index in [0.29, 0.717) is 27.3 Å². The Morgan fingerprint density at radius 3 is 2.81 bits per heavy atom. The van der Waals surface area contributed by atoms with Gasteiger partial charge in [0.15, 0.2) is 11.5 Å². The minimum absolute atomic E-state index is 0.0158. The van der Waals surface area contributed by atoms with E-state index in [1.807, 2.05) is 0 Å². The van der Waals surface area contributed by atoms with Crippen LogP contribution >= 0.6 is 27.3 Å². The van der Waals surface area contributed by atoms with Crippen molar-refractivity contribution in [1.82, 2.24) is 5.43 Å². The van der Waals surface area contributed by atoms with Crippen molar-refractivity contribution < 1.29 is 19.2 Å². The molecule has 0 saturated heterocycles. The lowest BCUT2D eigenvalue weighted by molar-refractivity contribution is -0.384. The van der Waals surface area contributed by atoms with Crippen LogP contribution in [0.2, 0.25) is 0 Å². The maximum Gasteiger partial charge on any atom is 0.281 e. The second-order valence-corrected chi connectivity index (χ2v) is 7.45. The van der Waals surface area contributed by atoms with E-state index in [2.05, 4.69) is 26.5 Å². The number of ether oxygens (including phenoxy) is 2. The Bertz CT molecular complexity index is 1110. The predicted molar refractivity (Wildman–Crippen MR) is 104 cm³/mol. The lowest BCUT2D eigenvalue weighted by Gasteiger charge is -2.01. The van der Waals surface area contributed by atoms with Gasteiger partial charge in [0.2, 0.25) is 6.79 Å². The summed E-state index contributed by atoms with van der Waals surface area (Å²) in [5.41, 5.74) is 3.15. The molecular weight excluding hydrogens is 438 g/mol. The number of halogens is 1. The van der Waals surface area contributed by atoms with Crippen LogP contribution in [-0.4, -0.2) is 23.8 Å². The van der Waals surface area contributed by atoms with E-state index in [1.165, 1.54) is 29.7 Å². The van der Waals surface area contributed by atoms with Crippen molar-refractivity contribution in [3.8, 4) is 11.5 Å². The van der Waals surface area contributed by atoms with Gasteiger partial charge in [-0.3, -0.25) is 14.9 Å². The molecule has 4 rings (SSSR count). The summed E-state index contributed by atoms with van der Waals surface area (Å²) in [5, 5.41) is 15.5. The predicted octanol–water partition coefficient (Wildman–Crippen LogP) is 4.06. The van der Waals surface area contributed by atoms with Crippen LogP contribution in [0.3, 0.4) is 0 Å². The van der Waals surface area contributed by atoms with Crippen LogP contribution in [0, 0.1) is 10.1 Å². The molecule has 136 valence electrons. The summed E-state index contributed by atoms with van der Waals surface area (Å²) >= 11 is 4.65. The van der Waals surface area contributed by atoms with Gasteiger partial charge in [-0.15, -0.1) is 11.3 Å². The zero-order valence-electron chi connectivity index (χ0n) is 13.5. The molecule has 0 bridgehead atoms. The molecule has 0 radical (unpaired) electrons. The number of hydrogen-bond donors (Lipinski definition) is 1. The highest BCUT2D eigenvalue weighted by molar-refractivity contribution is 9.10. The summed E-state index contributed by atoms with van der Waals surface area (Å²) in [6.45, 7) is 0.170. The molecule has 0 atom stereocenters. The third kappa shape index (κ3) is 3.49. The zero-order valence-corrected chi connectivity index (χ0v) is 15.9. The Hall–Kier alpha value is -2.98. The zero-order chi connectivity index (χ0) is 19.0. The Balaban J connectivity index is 1.50. The molecule has 1 aliphatic heterocycles. The summed E-state index contributed by atoms with van der Waals surface area (Å²) in [6.07, 6.45) is 1.49. The number of nitro benzene ring substituents is 1. The first-order valence-corrected chi connectivity index (χ1v) is 9.23.